The number of hydrogen-bond donors (Lipinski definition) is 1. The third kappa shape index (κ3) is 4.25. The van der Waals surface area contributed by atoms with E-state index in [1.165, 1.54) is 13.0 Å². The van der Waals surface area contributed by atoms with E-state index in [9.17, 15) is 13.4 Å². The summed E-state index contributed by atoms with van der Waals surface area (Å²) in [6.07, 6.45) is 4.37. The number of benzene rings is 2. The van der Waals surface area contributed by atoms with Crippen LogP contribution < -0.4 is 5.32 Å². The van der Waals surface area contributed by atoms with E-state index in [0.29, 0.717) is 13.0 Å². The Balaban J connectivity index is 2.00. The van der Waals surface area contributed by atoms with Crippen molar-refractivity contribution in [2.24, 2.45) is 0 Å². The number of carbonyl (C=O) groups is 1. The van der Waals surface area contributed by atoms with Gasteiger partial charge in [0.15, 0.2) is 0 Å². The molecule has 0 radical (unpaired) electrons. The molecule has 3 nitrogen and oxygen atoms in total. The molecule has 0 aromatic heterocycles. The quantitative estimate of drug-likeness (QED) is 0.831. The van der Waals surface area contributed by atoms with Gasteiger partial charge in [-0.2, -0.15) is 0 Å². The molecule has 140 valence electrons. The first-order valence-electron chi connectivity index (χ1n) is 8.77. The number of allylic oxidation sites excluding steroid dienone is 2. The summed E-state index contributed by atoms with van der Waals surface area (Å²) >= 11 is 0. The van der Waals surface area contributed by atoms with Crippen molar-refractivity contribution in [1.29, 1.82) is 0 Å². The average molecular weight is 383 g/mol. The Bertz CT molecular complexity index is 974. The van der Waals surface area contributed by atoms with Gasteiger partial charge in [0, 0.05) is 35.4 Å². The molecule has 2 aromatic carbocycles. The Hall–Kier alpha value is -2.53. The highest BCUT2D eigenvalue weighted by atomic mass is 32.2. The van der Waals surface area contributed by atoms with Gasteiger partial charge in [-0.05, 0) is 77.1 Å². The molecule has 1 atom stereocenters. The molecule has 1 N–H and O–H groups in total. The summed E-state index contributed by atoms with van der Waals surface area (Å²) in [6, 6.07) is 12.4. The zero-order valence-corrected chi connectivity index (χ0v) is 16.5. The van der Waals surface area contributed by atoms with Crippen molar-refractivity contribution in [3.63, 3.8) is 0 Å². The van der Waals surface area contributed by atoms with E-state index in [-0.39, 0.29) is 11.7 Å². The first-order valence-corrected chi connectivity index (χ1v) is 10.3. The Morgan fingerprint density at radius 1 is 1.15 bits per heavy atom. The third-order valence-corrected chi connectivity index (χ3v) is 5.66. The van der Waals surface area contributed by atoms with Gasteiger partial charge in [0.05, 0.1) is 0 Å². The normalized spacial score (nSPS) is 15.8. The summed E-state index contributed by atoms with van der Waals surface area (Å²) in [5.41, 5.74) is 6.07. The average Bonchev–Trinajstić information content (AvgIpc) is 2.87. The lowest BCUT2D eigenvalue weighted by molar-refractivity contribution is -0.118. The fourth-order valence-electron chi connectivity index (χ4n) is 3.36. The minimum absolute atomic E-state index is 0.0742. The van der Waals surface area contributed by atoms with E-state index in [4.69, 9.17) is 0 Å². The lowest BCUT2D eigenvalue weighted by Crippen LogP contribution is -2.21. The third-order valence-electron chi connectivity index (χ3n) is 4.73. The van der Waals surface area contributed by atoms with Gasteiger partial charge in [-0.15, -0.1) is 0 Å². The Morgan fingerprint density at radius 3 is 2.48 bits per heavy atom. The molecule has 27 heavy (non-hydrogen) atoms. The Labute approximate surface area is 161 Å². The van der Waals surface area contributed by atoms with Crippen LogP contribution in [-0.2, 0) is 15.6 Å². The maximum Gasteiger partial charge on any atom is 0.216 e. The predicted octanol–water partition coefficient (Wildman–Crippen LogP) is 4.42. The van der Waals surface area contributed by atoms with Gasteiger partial charge in [0.2, 0.25) is 5.91 Å². The number of carbonyl (C=O) groups excluding carboxylic acids is 1. The van der Waals surface area contributed by atoms with Gasteiger partial charge in [-0.1, -0.05) is 18.2 Å². The Morgan fingerprint density at radius 2 is 1.85 bits per heavy atom. The smallest absolute Gasteiger partial charge is 0.216 e. The highest BCUT2D eigenvalue weighted by molar-refractivity contribution is 7.84. The molecular weight excluding hydrogens is 361 g/mol. The van der Waals surface area contributed by atoms with Crippen LogP contribution in [0.4, 0.5) is 4.39 Å². The maximum absolute atomic E-state index is 13.8. The summed E-state index contributed by atoms with van der Waals surface area (Å²) in [4.78, 5) is 11.9. The van der Waals surface area contributed by atoms with E-state index in [1.807, 2.05) is 31.2 Å². The van der Waals surface area contributed by atoms with Crippen LogP contribution in [0.1, 0.15) is 37.0 Å². The molecule has 0 fully saturated rings. The summed E-state index contributed by atoms with van der Waals surface area (Å²) in [5, 5.41) is 2.80. The molecule has 1 amide bonds. The van der Waals surface area contributed by atoms with E-state index < -0.39 is 10.8 Å². The second-order valence-corrected chi connectivity index (χ2v) is 7.99. The first kappa shape index (κ1) is 19.2. The van der Waals surface area contributed by atoms with Crippen molar-refractivity contribution in [3.8, 4) is 0 Å². The SMILES string of the molecule is CC(=O)NCCC1=C(C)C(=Cc2ccc(S(C)=O)cc2)c2ccc(F)cc21. The van der Waals surface area contributed by atoms with E-state index in [0.717, 1.165) is 38.3 Å². The molecule has 0 bridgehead atoms. The first-order chi connectivity index (χ1) is 12.9. The monoisotopic (exact) mass is 383 g/mol. The second-order valence-electron chi connectivity index (χ2n) is 6.61. The van der Waals surface area contributed by atoms with Crippen LogP contribution in [0, 0.1) is 5.82 Å². The molecule has 0 aliphatic heterocycles. The van der Waals surface area contributed by atoms with Crippen LogP contribution >= 0.6 is 0 Å². The summed E-state index contributed by atoms with van der Waals surface area (Å²) < 4.78 is 25.4. The van der Waals surface area contributed by atoms with Gasteiger partial charge in [-0.25, -0.2) is 4.39 Å². The van der Waals surface area contributed by atoms with Gasteiger partial charge in [0.1, 0.15) is 5.82 Å². The van der Waals surface area contributed by atoms with Crippen LogP contribution in [-0.4, -0.2) is 22.9 Å². The summed E-state index contributed by atoms with van der Waals surface area (Å²) in [7, 11) is -1.01. The molecule has 0 heterocycles. The molecule has 1 unspecified atom stereocenters. The van der Waals surface area contributed by atoms with E-state index in [2.05, 4.69) is 11.4 Å². The maximum atomic E-state index is 13.8. The van der Waals surface area contributed by atoms with Crippen LogP contribution in [0.25, 0.3) is 17.2 Å². The highest BCUT2D eigenvalue weighted by Gasteiger charge is 2.23. The lowest BCUT2D eigenvalue weighted by atomic mass is 10.0. The number of halogens is 1. The van der Waals surface area contributed by atoms with Crippen molar-refractivity contribution in [1.82, 2.24) is 5.32 Å². The molecule has 0 saturated heterocycles. The minimum Gasteiger partial charge on any atom is -0.356 e. The highest BCUT2D eigenvalue weighted by Crippen LogP contribution is 2.43. The zero-order chi connectivity index (χ0) is 19.6. The predicted molar refractivity (Wildman–Crippen MR) is 109 cm³/mol. The minimum atomic E-state index is -1.01. The molecular formula is C22H22FNO2S. The zero-order valence-electron chi connectivity index (χ0n) is 15.6. The topological polar surface area (TPSA) is 46.2 Å². The number of rotatable bonds is 5. The van der Waals surface area contributed by atoms with Crippen LogP contribution in [0.3, 0.4) is 0 Å². The van der Waals surface area contributed by atoms with E-state index >= 15 is 0 Å². The van der Waals surface area contributed by atoms with Crippen LogP contribution in [0.15, 0.2) is 52.9 Å². The largest absolute Gasteiger partial charge is 0.356 e. The number of amides is 1. The van der Waals surface area contributed by atoms with Crippen LogP contribution in [0.5, 0.6) is 0 Å². The molecule has 1 aliphatic rings. The lowest BCUT2D eigenvalue weighted by Gasteiger charge is -2.07. The molecule has 2 aromatic rings. The van der Waals surface area contributed by atoms with Crippen molar-refractivity contribution in [2.45, 2.75) is 25.2 Å². The molecule has 0 spiro atoms. The Kier molecular flexibility index (Phi) is 5.71. The van der Waals surface area contributed by atoms with Gasteiger partial charge in [-0.3, -0.25) is 9.00 Å². The molecule has 0 saturated carbocycles. The van der Waals surface area contributed by atoms with Crippen molar-refractivity contribution < 1.29 is 13.4 Å². The van der Waals surface area contributed by atoms with Gasteiger partial charge in [0.25, 0.3) is 0 Å². The van der Waals surface area contributed by atoms with Crippen molar-refractivity contribution in [2.75, 3.05) is 12.8 Å². The number of hydrogen-bond acceptors (Lipinski definition) is 2. The molecule has 1 aliphatic carbocycles. The van der Waals surface area contributed by atoms with Crippen LogP contribution in [0.2, 0.25) is 0 Å². The summed E-state index contributed by atoms with van der Waals surface area (Å²) in [6.45, 7) is 4.03. The number of fused-ring (bicyclic) bond motifs is 1. The van der Waals surface area contributed by atoms with Crippen molar-refractivity contribution in [3.05, 3.63) is 70.5 Å². The summed E-state index contributed by atoms with van der Waals surface area (Å²) in [5.74, 6) is -0.343. The van der Waals surface area contributed by atoms with Crippen molar-refractivity contribution >= 4 is 33.9 Å². The van der Waals surface area contributed by atoms with E-state index in [1.54, 1.807) is 18.4 Å². The standard InChI is InChI=1S/C22H22FNO2S/c1-14-19(10-11-24-15(2)25)22-13-17(23)6-9-20(22)21(14)12-16-4-7-18(8-5-16)27(3)26/h4-9,12-13H,10-11H2,1-3H3,(H,24,25). The fourth-order valence-corrected chi connectivity index (χ4v) is 3.88. The molecule has 3 rings (SSSR count). The second kappa shape index (κ2) is 8.01. The van der Waals surface area contributed by atoms with Gasteiger partial charge < -0.3 is 5.32 Å². The van der Waals surface area contributed by atoms with Gasteiger partial charge >= 0.3 is 0 Å². The fraction of sp³-hybridized carbons (Fsp3) is 0.227. The number of nitrogens with one attached hydrogen (secondary N) is 1. The molecule has 5 heteroatoms.